The zero-order chi connectivity index (χ0) is 38.5. The zero-order valence-corrected chi connectivity index (χ0v) is 33.4. The maximum atomic E-state index is 2.44. The molecular formula is C54H42N2S. The summed E-state index contributed by atoms with van der Waals surface area (Å²) in [5.41, 5.74) is 17.7. The normalized spacial score (nSPS) is 15.4. The fourth-order valence-corrected chi connectivity index (χ4v) is 10.7. The molecule has 0 N–H and O–H groups in total. The SMILES string of the molecule is CC1(C)c2cc(/C=C/c3ccc4cc(N5c6ccccc6C(C)(C)c6ccccc65)ccc4c3)ccc2-c2ccc(N3c4ccccc4Sc4ccccc43)cc21. The van der Waals surface area contributed by atoms with E-state index in [4.69, 9.17) is 0 Å². The predicted molar refractivity (Wildman–Crippen MR) is 242 cm³/mol. The maximum absolute atomic E-state index is 2.44. The smallest absolute Gasteiger partial charge is 0.0601 e. The van der Waals surface area contributed by atoms with Crippen LogP contribution in [0.5, 0.6) is 0 Å². The Bertz CT molecular complexity index is 2870. The summed E-state index contributed by atoms with van der Waals surface area (Å²) in [6.07, 6.45) is 4.52. The second-order valence-electron chi connectivity index (χ2n) is 16.7. The Labute approximate surface area is 339 Å². The van der Waals surface area contributed by atoms with E-state index in [-0.39, 0.29) is 10.8 Å². The van der Waals surface area contributed by atoms with Crippen LogP contribution in [0.1, 0.15) is 61.1 Å². The van der Waals surface area contributed by atoms with Crippen molar-refractivity contribution in [3.8, 4) is 11.1 Å². The van der Waals surface area contributed by atoms with Crippen LogP contribution in [0.15, 0.2) is 180 Å². The van der Waals surface area contributed by atoms with E-state index in [1.54, 1.807) is 0 Å². The van der Waals surface area contributed by atoms with Gasteiger partial charge in [-0.05, 0) is 122 Å². The third kappa shape index (κ3) is 5.26. The number of anilines is 6. The van der Waals surface area contributed by atoms with Crippen molar-refractivity contribution in [1.82, 2.24) is 0 Å². The van der Waals surface area contributed by atoms with Crippen molar-refractivity contribution in [3.05, 3.63) is 203 Å². The summed E-state index contributed by atoms with van der Waals surface area (Å²) in [5, 5.41) is 2.47. The third-order valence-electron chi connectivity index (χ3n) is 12.6. The quantitative estimate of drug-likeness (QED) is 0.165. The Hall–Kier alpha value is -6.29. The van der Waals surface area contributed by atoms with Crippen LogP contribution in [0.3, 0.4) is 0 Å². The Kier molecular flexibility index (Phi) is 7.52. The maximum Gasteiger partial charge on any atom is 0.0601 e. The molecule has 0 atom stereocenters. The highest BCUT2D eigenvalue weighted by Gasteiger charge is 2.38. The van der Waals surface area contributed by atoms with Crippen molar-refractivity contribution >= 4 is 68.8 Å². The lowest BCUT2D eigenvalue weighted by molar-refractivity contribution is 0.632. The fourth-order valence-electron chi connectivity index (χ4n) is 9.60. The highest BCUT2D eigenvalue weighted by atomic mass is 32.2. The first-order chi connectivity index (χ1) is 27.8. The minimum absolute atomic E-state index is 0.0723. The number of nitrogens with zero attached hydrogens (tertiary/aromatic N) is 2. The van der Waals surface area contributed by atoms with Gasteiger partial charge in [0, 0.05) is 32.0 Å². The number of hydrogen-bond acceptors (Lipinski definition) is 3. The summed E-state index contributed by atoms with van der Waals surface area (Å²) in [5.74, 6) is 0. The van der Waals surface area contributed by atoms with Crippen molar-refractivity contribution in [3.63, 3.8) is 0 Å². The van der Waals surface area contributed by atoms with Crippen molar-refractivity contribution in [2.24, 2.45) is 0 Å². The van der Waals surface area contributed by atoms with Gasteiger partial charge in [-0.3, -0.25) is 0 Å². The molecule has 274 valence electrons. The highest BCUT2D eigenvalue weighted by molar-refractivity contribution is 7.99. The molecule has 2 aliphatic heterocycles. The molecule has 3 heteroatoms. The topological polar surface area (TPSA) is 6.48 Å². The lowest BCUT2D eigenvalue weighted by atomic mass is 9.73. The summed E-state index contributed by atoms with van der Waals surface area (Å²) in [6.45, 7) is 9.43. The van der Waals surface area contributed by atoms with Crippen molar-refractivity contribution in [2.75, 3.05) is 9.80 Å². The molecule has 0 amide bonds. The molecule has 0 spiro atoms. The van der Waals surface area contributed by atoms with Crippen LogP contribution >= 0.6 is 11.8 Å². The molecule has 0 saturated heterocycles. The number of benzene rings is 8. The molecule has 0 fully saturated rings. The van der Waals surface area contributed by atoms with E-state index in [1.165, 1.54) is 99.2 Å². The Balaban J connectivity index is 0.890. The minimum atomic E-state index is -0.139. The van der Waals surface area contributed by atoms with E-state index in [9.17, 15) is 0 Å². The lowest BCUT2D eigenvalue weighted by Crippen LogP contribution is -2.30. The summed E-state index contributed by atoms with van der Waals surface area (Å²) < 4.78 is 0. The van der Waals surface area contributed by atoms with Gasteiger partial charge in [-0.25, -0.2) is 0 Å². The van der Waals surface area contributed by atoms with Gasteiger partial charge in [0.15, 0.2) is 0 Å². The molecule has 1 aliphatic carbocycles. The molecule has 2 nitrogen and oxygen atoms in total. The second-order valence-corrected chi connectivity index (χ2v) is 17.7. The molecule has 0 bridgehead atoms. The molecule has 0 aromatic heterocycles. The molecule has 3 aliphatic rings. The van der Waals surface area contributed by atoms with Crippen LogP contribution in [0.2, 0.25) is 0 Å². The molecular weight excluding hydrogens is 709 g/mol. The third-order valence-corrected chi connectivity index (χ3v) is 13.7. The van der Waals surface area contributed by atoms with Gasteiger partial charge >= 0.3 is 0 Å². The number of para-hydroxylation sites is 4. The Morgan fingerprint density at radius 2 is 0.825 bits per heavy atom. The van der Waals surface area contributed by atoms with Gasteiger partial charge in [-0.15, -0.1) is 0 Å². The van der Waals surface area contributed by atoms with Gasteiger partial charge in [0.1, 0.15) is 0 Å². The van der Waals surface area contributed by atoms with E-state index in [1.807, 2.05) is 11.8 Å². The van der Waals surface area contributed by atoms with Crippen LogP contribution in [-0.4, -0.2) is 0 Å². The van der Waals surface area contributed by atoms with Gasteiger partial charge in [-0.1, -0.05) is 155 Å². The average Bonchev–Trinajstić information content (AvgIpc) is 3.46. The summed E-state index contributed by atoms with van der Waals surface area (Å²) >= 11 is 1.85. The van der Waals surface area contributed by atoms with Gasteiger partial charge in [-0.2, -0.15) is 0 Å². The molecule has 57 heavy (non-hydrogen) atoms. The first-order valence-electron chi connectivity index (χ1n) is 19.9. The average molecular weight is 751 g/mol. The molecule has 11 rings (SSSR count). The van der Waals surface area contributed by atoms with E-state index in [0.717, 1.165) is 0 Å². The highest BCUT2D eigenvalue weighted by Crippen LogP contribution is 2.55. The Morgan fingerprint density at radius 3 is 1.49 bits per heavy atom. The molecule has 0 unspecified atom stereocenters. The van der Waals surface area contributed by atoms with Crippen molar-refractivity contribution < 1.29 is 0 Å². The van der Waals surface area contributed by atoms with Crippen LogP contribution in [0.25, 0.3) is 34.1 Å². The summed E-state index contributed by atoms with van der Waals surface area (Å²) in [4.78, 5) is 7.44. The van der Waals surface area contributed by atoms with Gasteiger partial charge < -0.3 is 9.80 Å². The van der Waals surface area contributed by atoms with E-state index in [0.29, 0.717) is 0 Å². The zero-order valence-electron chi connectivity index (χ0n) is 32.6. The molecule has 0 radical (unpaired) electrons. The second kappa shape index (κ2) is 12.6. The minimum Gasteiger partial charge on any atom is -0.310 e. The van der Waals surface area contributed by atoms with Crippen LogP contribution < -0.4 is 9.80 Å². The van der Waals surface area contributed by atoms with Crippen molar-refractivity contribution in [1.29, 1.82) is 0 Å². The molecule has 8 aromatic carbocycles. The number of fused-ring (bicyclic) bond motifs is 8. The molecule has 8 aromatic rings. The standard InChI is InChI=1S/C54H42N2S/c1-53(2)43-13-5-7-15-47(43)55(48-16-8-6-14-44(48)53)39-27-26-37-31-35(23-25-38(37)33-39)21-22-36-24-29-41-42-30-28-40(34-46(42)54(3,4)45(41)32-36)56-49-17-9-11-19-51(49)57-52-20-12-10-18-50(52)56/h5-34H,1-4H3/b22-21+. The Morgan fingerprint density at radius 1 is 0.386 bits per heavy atom. The van der Waals surface area contributed by atoms with Crippen LogP contribution in [-0.2, 0) is 10.8 Å². The van der Waals surface area contributed by atoms with Gasteiger partial charge in [0.05, 0.1) is 22.7 Å². The van der Waals surface area contributed by atoms with Crippen molar-refractivity contribution in [2.45, 2.75) is 48.3 Å². The van der Waals surface area contributed by atoms with Crippen LogP contribution in [0.4, 0.5) is 34.1 Å². The summed E-state index contributed by atoms with van der Waals surface area (Å²) in [6, 6.07) is 63.0. The number of hydrogen-bond donors (Lipinski definition) is 0. The fraction of sp³-hybridized carbons (Fsp3) is 0.111. The monoisotopic (exact) mass is 750 g/mol. The van der Waals surface area contributed by atoms with Gasteiger partial charge in [0.25, 0.3) is 0 Å². The largest absolute Gasteiger partial charge is 0.310 e. The molecule has 0 saturated carbocycles. The first-order valence-corrected chi connectivity index (χ1v) is 20.7. The first kappa shape index (κ1) is 34.0. The lowest BCUT2D eigenvalue weighted by Gasteiger charge is -2.42. The summed E-state index contributed by atoms with van der Waals surface area (Å²) in [7, 11) is 0. The van der Waals surface area contributed by atoms with Gasteiger partial charge in [0.2, 0.25) is 0 Å². The van der Waals surface area contributed by atoms with Crippen LogP contribution in [0, 0.1) is 0 Å². The number of rotatable bonds is 4. The van der Waals surface area contributed by atoms with E-state index in [2.05, 4.69) is 220 Å². The van der Waals surface area contributed by atoms with E-state index < -0.39 is 0 Å². The predicted octanol–water partition coefficient (Wildman–Crippen LogP) is 15.4. The van der Waals surface area contributed by atoms with E-state index >= 15 is 0 Å². The molecule has 2 heterocycles.